The molecule has 1 aromatic rings. The molecule has 0 bridgehead atoms. The molecule has 1 fully saturated rings. The monoisotopic (exact) mass is 317 g/mol. The number of nitrogen functional groups attached to an aromatic ring is 1. The van der Waals surface area contributed by atoms with Crippen LogP contribution in [0.4, 0.5) is 11.4 Å². The second-order valence-corrected chi connectivity index (χ2v) is 8.02. The number of anilines is 2. The lowest BCUT2D eigenvalue weighted by Crippen LogP contribution is -2.38. The Labute approximate surface area is 121 Å². The van der Waals surface area contributed by atoms with E-state index in [1.165, 1.54) is 6.07 Å². The molecular formula is C12H19N3O3S2. The SMILES string of the molecule is CCNS(=O)(=O)c1ccc(N)c(N2CCS(=O)CC2)c1. The second-order valence-electron chi connectivity index (χ2n) is 4.56. The molecule has 2 rings (SSSR count). The Kier molecular flexibility index (Phi) is 4.66. The maximum absolute atomic E-state index is 12.0. The van der Waals surface area contributed by atoms with E-state index in [2.05, 4.69) is 4.72 Å². The third-order valence-corrected chi connectivity index (χ3v) is 5.98. The fourth-order valence-electron chi connectivity index (χ4n) is 2.12. The molecule has 0 radical (unpaired) electrons. The molecule has 0 saturated carbocycles. The van der Waals surface area contributed by atoms with Crippen molar-refractivity contribution in [3.8, 4) is 0 Å². The van der Waals surface area contributed by atoms with E-state index in [0.717, 1.165) is 0 Å². The van der Waals surface area contributed by atoms with E-state index >= 15 is 0 Å². The summed E-state index contributed by atoms with van der Waals surface area (Å²) in [6.07, 6.45) is 0. The fourth-order valence-corrected chi connectivity index (χ4v) is 4.23. The quantitative estimate of drug-likeness (QED) is 0.770. The number of nitrogens with two attached hydrogens (primary N) is 1. The molecule has 6 nitrogen and oxygen atoms in total. The number of rotatable bonds is 4. The number of sulfonamides is 1. The van der Waals surface area contributed by atoms with Crippen LogP contribution < -0.4 is 15.4 Å². The lowest BCUT2D eigenvalue weighted by molar-refractivity contribution is 0.584. The van der Waals surface area contributed by atoms with Crippen LogP contribution >= 0.6 is 0 Å². The van der Waals surface area contributed by atoms with Gasteiger partial charge >= 0.3 is 0 Å². The first-order valence-corrected chi connectivity index (χ1v) is 9.40. The molecule has 8 heteroatoms. The molecule has 0 spiro atoms. The standard InChI is InChI=1S/C12H19N3O3S2/c1-2-14-20(17,18)10-3-4-11(13)12(9-10)15-5-7-19(16)8-6-15/h3-4,9,14H,2,5-8,13H2,1H3. The Morgan fingerprint density at radius 1 is 1.35 bits per heavy atom. The largest absolute Gasteiger partial charge is 0.397 e. The lowest BCUT2D eigenvalue weighted by atomic mass is 10.2. The van der Waals surface area contributed by atoms with E-state index in [0.29, 0.717) is 42.5 Å². The smallest absolute Gasteiger partial charge is 0.240 e. The molecule has 20 heavy (non-hydrogen) atoms. The average molecular weight is 317 g/mol. The van der Waals surface area contributed by atoms with Crippen LogP contribution in [0.1, 0.15) is 6.92 Å². The van der Waals surface area contributed by atoms with Crippen LogP contribution in [0.2, 0.25) is 0 Å². The first kappa shape index (κ1) is 15.3. The van der Waals surface area contributed by atoms with Gasteiger partial charge in [0.15, 0.2) is 0 Å². The van der Waals surface area contributed by atoms with E-state index in [4.69, 9.17) is 5.73 Å². The van der Waals surface area contributed by atoms with Crippen molar-refractivity contribution in [1.29, 1.82) is 0 Å². The summed E-state index contributed by atoms with van der Waals surface area (Å²) in [5, 5.41) is 0. The number of hydrogen-bond donors (Lipinski definition) is 2. The molecule has 0 aromatic heterocycles. The summed E-state index contributed by atoms with van der Waals surface area (Å²) < 4.78 is 37.9. The van der Waals surface area contributed by atoms with Gasteiger partial charge in [-0.3, -0.25) is 4.21 Å². The summed E-state index contributed by atoms with van der Waals surface area (Å²) in [5.74, 6) is 1.17. The van der Waals surface area contributed by atoms with Gasteiger partial charge in [-0.2, -0.15) is 0 Å². The summed E-state index contributed by atoms with van der Waals surface area (Å²) >= 11 is 0. The maximum Gasteiger partial charge on any atom is 0.240 e. The molecule has 0 atom stereocenters. The Morgan fingerprint density at radius 2 is 2.00 bits per heavy atom. The van der Waals surface area contributed by atoms with Crippen LogP contribution in [0.3, 0.4) is 0 Å². The highest BCUT2D eigenvalue weighted by atomic mass is 32.2. The van der Waals surface area contributed by atoms with Crippen molar-refractivity contribution in [2.45, 2.75) is 11.8 Å². The van der Waals surface area contributed by atoms with Gasteiger partial charge < -0.3 is 10.6 Å². The van der Waals surface area contributed by atoms with Crippen molar-refractivity contribution in [2.24, 2.45) is 0 Å². The van der Waals surface area contributed by atoms with E-state index < -0.39 is 20.8 Å². The second kappa shape index (κ2) is 6.11. The molecule has 112 valence electrons. The van der Waals surface area contributed by atoms with Crippen molar-refractivity contribution in [3.05, 3.63) is 18.2 Å². The van der Waals surface area contributed by atoms with Crippen molar-refractivity contribution < 1.29 is 12.6 Å². The number of nitrogens with one attached hydrogen (secondary N) is 1. The first-order chi connectivity index (χ1) is 9.44. The summed E-state index contributed by atoms with van der Waals surface area (Å²) in [6.45, 7) is 3.32. The van der Waals surface area contributed by atoms with Crippen molar-refractivity contribution in [3.63, 3.8) is 0 Å². The zero-order chi connectivity index (χ0) is 14.8. The molecule has 3 N–H and O–H groups in total. The third-order valence-electron chi connectivity index (χ3n) is 3.16. The molecule has 1 saturated heterocycles. The van der Waals surface area contributed by atoms with E-state index in [1.807, 2.05) is 4.90 Å². The lowest BCUT2D eigenvalue weighted by Gasteiger charge is -2.29. The molecule has 1 aromatic carbocycles. The highest BCUT2D eigenvalue weighted by molar-refractivity contribution is 7.89. The Balaban J connectivity index is 2.32. The third kappa shape index (κ3) is 3.31. The molecule has 0 unspecified atom stereocenters. The number of nitrogens with zero attached hydrogens (tertiary/aromatic N) is 1. The van der Waals surface area contributed by atoms with Gasteiger partial charge in [0.2, 0.25) is 10.0 Å². The van der Waals surface area contributed by atoms with Gasteiger partial charge in [-0.15, -0.1) is 0 Å². The molecule has 0 amide bonds. The maximum atomic E-state index is 12.0. The van der Waals surface area contributed by atoms with Gasteiger partial charge in [0.1, 0.15) is 0 Å². The van der Waals surface area contributed by atoms with Crippen molar-refractivity contribution in [1.82, 2.24) is 4.72 Å². The van der Waals surface area contributed by atoms with Crippen molar-refractivity contribution in [2.75, 3.05) is 41.8 Å². The zero-order valence-electron chi connectivity index (χ0n) is 11.3. The van der Waals surface area contributed by atoms with Crippen LogP contribution in [0.15, 0.2) is 23.1 Å². The highest BCUT2D eigenvalue weighted by Crippen LogP contribution is 2.27. The van der Waals surface area contributed by atoms with Gasteiger partial charge in [0, 0.05) is 41.9 Å². The molecule has 1 heterocycles. The van der Waals surface area contributed by atoms with Gasteiger partial charge in [-0.25, -0.2) is 13.1 Å². The highest BCUT2D eigenvalue weighted by Gasteiger charge is 2.20. The topological polar surface area (TPSA) is 92.5 Å². The summed E-state index contributed by atoms with van der Waals surface area (Å²) in [4.78, 5) is 2.19. The summed E-state index contributed by atoms with van der Waals surface area (Å²) in [6, 6.07) is 4.69. The predicted molar refractivity (Wildman–Crippen MR) is 81.8 cm³/mol. The van der Waals surface area contributed by atoms with Gasteiger partial charge in [0.05, 0.1) is 16.3 Å². The normalized spacial score (nSPS) is 17.4. The van der Waals surface area contributed by atoms with E-state index in [9.17, 15) is 12.6 Å². The summed E-state index contributed by atoms with van der Waals surface area (Å²) in [5.41, 5.74) is 7.17. The molecule has 1 aliphatic heterocycles. The van der Waals surface area contributed by atoms with Gasteiger partial charge in [0.25, 0.3) is 0 Å². The van der Waals surface area contributed by atoms with Crippen LogP contribution in [-0.4, -0.2) is 43.8 Å². The minimum Gasteiger partial charge on any atom is -0.397 e. The summed E-state index contributed by atoms with van der Waals surface area (Å²) in [7, 11) is -4.27. The van der Waals surface area contributed by atoms with E-state index in [-0.39, 0.29) is 4.90 Å². The predicted octanol–water partition coefficient (Wildman–Crippen LogP) is 0.136. The van der Waals surface area contributed by atoms with Crippen molar-refractivity contribution >= 4 is 32.2 Å². The van der Waals surface area contributed by atoms with E-state index in [1.54, 1.807) is 19.1 Å². The minimum atomic E-state index is -3.49. The van der Waals surface area contributed by atoms with Crippen LogP contribution in [0.25, 0.3) is 0 Å². The Hall–Kier alpha value is -1.12. The molecular weight excluding hydrogens is 298 g/mol. The van der Waals surface area contributed by atoms with Crippen LogP contribution in [-0.2, 0) is 20.8 Å². The van der Waals surface area contributed by atoms with Gasteiger partial charge in [-0.05, 0) is 18.2 Å². The Bertz CT molecular complexity index is 606. The molecule has 1 aliphatic rings. The number of benzene rings is 1. The minimum absolute atomic E-state index is 0.204. The fraction of sp³-hybridized carbons (Fsp3) is 0.500. The Morgan fingerprint density at radius 3 is 2.60 bits per heavy atom. The van der Waals surface area contributed by atoms with Gasteiger partial charge in [-0.1, -0.05) is 6.92 Å². The molecule has 0 aliphatic carbocycles. The zero-order valence-corrected chi connectivity index (χ0v) is 13.0. The van der Waals surface area contributed by atoms with Crippen LogP contribution in [0.5, 0.6) is 0 Å². The average Bonchev–Trinajstić information content (AvgIpc) is 2.40. The first-order valence-electron chi connectivity index (χ1n) is 6.43. The number of hydrogen-bond acceptors (Lipinski definition) is 5. The van der Waals surface area contributed by atoms with Crippen LogP contribution in [0, 0.1) is 0 Å².